The van der Waals surface area contributed by atoms with Gasteiger partial charge in [0, 0.05) is 6.54 Å². The highest BCUT2D eigenvalue weighted by molar-refractivity contribution is 5.31. The van der Waals surface area contributed by atoms with Gasteiger partial charge in [-0.25, -0.2) is 0 Å². The number of rotatable bonds is 8. The van der Waals surface area contributed by atoms with Crippen molar-refractivity contribution in [2.24, 2.45) is 5.73 Å². The van der Waals surface area contributed by atoms with Gasteiger partial charge in [-0.1, -0.05) is 45.0 Å². The molecule has 0 amide bonds. The molecule has 0 saturated heterocycles. The molecule has 0 aliphatic carbocycles. The molecule has 0 aliphatic rings. The summed E-state index contributed by atoms with van der Waals surface area (Å²) < 4.78 is 11.4. The summed E-state index contributed by atoms with van der Waals surface area (Å²) in [7, 11) is 0. The summed E-state index contributed by atoms with van der Waals surface area (Å²) in [6.07, 6.45) is 1.11. The Bertz CT molecular complexity index is 605. The van der Waals surface area contributed by atoms with Gasteiger partial charge in [0.1, 0.15) is 24.7 Å². The van der Waals surface area contributed by atoms with E-state index in [1.54, 1.807) is 0 Å². The molecular weight excluding hydrogens is 286 g/mol. The summed E-state index contributed by atoms with van der Waals surface area (Å²) >= 11 is 0. The Kier molecular flexibility index (Phi) is 6.05. The van der Waals surface area contributed by atoms with Gasteiger partial charge < -0.3 is 15.2 Å². The van der Waals surface area contributed by atoms with Crippen molar-refractivity contribution in [1.82, 2.24) is 0 Å². The summed E-state index contributed by atoms with van der Waals surface area (Å²) in [6.45, 7) is 8.27. The number of hydrogen-bond donors (Lipinski definition) is 1. The largest absolute Gasteiger partial charge is 0.490 e. The SMILES string of the molecule is CCC(C)(C)c1ccc(OCCOc2cccc(CN)c2)cc1. The molecule has 23 heavy (non-hydrogen) atoms. The molecule has 0 atom stereocenters. The molecule has 2 aromatic carbocycles. The molecule has 0 aliphatic heterocycles. The zero-order chi connectivity index (χ0) is 16.7. The molecule has 3 heteroatoms. The molecule has 3 nitrogen and oxygen atoms in total. The molecule has 0 heterocycles. The lowest BCUT2D eigenvalue weighted by Crippen LogP contribution is -2.15. The van der Waals surface area contributed by atoms with E-state index in [0.717, 1.165) is 23.5 Å². The maximum absolute atomic E-state index is 5.74. The van der Waals surface area contributed by atoms with E-state index in [0.29, 0.717) is 19.8 Å². The number of nitrogens with two attached hydrogens (primary N) is 1. The van der Waals surface area contributed by atoms with Crippen LogP contribution in [-0.4, -0.2) is 13.2 Å². The van der Waals surface area contributed by atoms with Crippen LogP contribution in [0.3, 0.4) is 0 Å². The minimum atomic E-state index is 0.204. The summed E-state index contributed by atoms with van der Waals surface area (Å²) in [5, 5.41) is 0. The standard InChI is InChI=1S/C20H27NO2/c1-4-20(2,3)17-8-10-18(11-9-17)22-12-13-23-19-7-5-6-16(14-19)15-21/h5-11,14H,4,12-13,15,21H2,1-3H3. The van der Waals surface area contributed by atoms with E-state index in [9.17, 15) is 0 Å². The monoisotopic (exact) mass is 313 g/mol. The van der Waals surface area contributed by atoms with Crippen molar-refractivity contribution in [1.29, 1.82) is 0 Å². The van der Waals surface area contributed by atoms with Crippen molar-refractivity contribution in [3.05, 3.63) is 59.7 Å². The Labute approximate surface area is 139 Å². The lowest BCUT2D eigenvalue weighted by Gasteiger charge is -2.23. The van der Waals surface area contributed by atoms with E-state index in [-0.39, 0.29) is 5.41 Å². The van der Waals surface area contributed by atoms with Gasteiger partial charge in [-0.05, 0) is 47.2 Å². The molecule has 0 radical (unpaired) electrons. The Balaban J connectivity index is 1.80. The van der Waals surface area contributed by atoms with Crippen molar-refractivity contribution in [2.45, 2.75) is 39.2 Å². The van der Waals surface area contributed by atoms with Gasteiger partial charge in [0.2, 0.25) is 0 Å². The van der Waals surface area contributed by atoms with E-state index in [1.807, 2.05) is 36.4 Å². The maximum atomic E-state index is 5.74. The van der Waals surface area contributed by atoms with Crippen LogP contribution in [0.1, 0.15) is 38.3 Å². The van der Waals surface area contributed by atoms with E-state index in [4.69, 9.17) is 15.2 Å². The smallest absolute Gasteiger partial charge is 0.122 e. The second-order valence-corrected chi connectivity index (χ2v) is 6.31. The lowest BCUT2D eigenvalue weighted by molar-refractivity contribution is 0.217. The first-order valence-corrected chi connectivity index (χ1v) is 8.20. The molecule has 0 aromatic heterocycles. The molecule has 0 unspecified atom stereocenters. The third-order valence-corrected chi connectivity index (χ3v) is 4.27. The second kappa shape index (κ2) is 8.02. The normalized spacial score (nSPS) is 11.3. The summed E-state index contributed by atoms with van der Waals surface area (Å²) in [5.74, 6) is 1.71. The molecule has 2 N–H and O–H groups in total. The van der Waals surface area contributed by atoms with Gasteiger partial charge >= 0.3 is 0 Å². The van der Waals surface area contributed by atoms with Crippen LogP contribution >= 0.6 is 0 Å². The van der Waals surface area contributed by atoms with Crippen LogP contribution in [0.25, 0.3) is 0 Å². The van der Waals surface area contributed by atoms with E-state index in [2.05, 4.69) is 32.9 Å². The van der Waals surface area contributed by atoms with Gasteiger partial charge in [0.15, 0.2) is 0 Å². The number of hydrogen-bond acceptors (Lipinski definition) is 3. The fourth-order valence-corrected chi connectivity index (χ4v) is 2.29. The lowest BCUT2D eigenvalue weighted by atomic mass is 9.82. The minimum Gasteiger partial charge on any atom is -0.490 e. The Hall–Kier alpha value is -2.00. The van der Waals surface area contributed by atoms with Crippen LogP contribution in [0.2, 0.25) is 0 Å². The zero-order valence-corrected chi connectivity index (χ0v) is 14.3. The zero-order valence-electron chi connectivity index (χ0n) is 14.3. The van der Waals surface area contributed by atoms with Gasteiger partial charge in [-0.15, -0.1) is 0 Å². The van der Waals surface area contributed by atoms with Gasteiger partial charge in [-0.3, -0.25) is 0 Å². The highest BCUT2D eigenvalue weighted by atomic mass is 16.5. The molecule has 0 bridgehead atoms. The third kappa shape index (κ3) is 5.00. The van der Waals surface area contributed by atoms with Gasteiger partial charge in [-0.2, -0.15) is 0 Å². The van der Waals surface area contributed by atoms with Crippen molar-refractivity contribution >= 4 is 0 Å². The van der Waals surface area contributed by atoms with Crippen LogP contribution in [0.15, 0.2) is 48.5 Å². The van der Waals surface area contributed by atoms with Crippen molar-refractivity contribution in [3.63, 3.8) is 0 Å². The van der Waals surface area contributed by atoms with Crippen molar-refractivity contribution < 1.29 is 9.47 Å². The Morgan fingerprint density at radius 3 is 2.17 bits per heavy atom. The topological polar surface area (TPSA) is 44.5 Å². The third-order valence-electron chi connectivity index (χ3n) is 4.27. The summed E-state index contributed by atoms with van der Waals surface area (Å²) in [4.78, 5) is 0. The maximum Gasteiger partial charge on any atom is 0.122 e. The average molecular weight is 313 g/mol. The quantitative estimate of drug-likeness (QED) is 0.739. The van der Waals surface area contributed by atoms with Gasteiger partial charge in [0.25, 0.3) is 0 Å². The van der Waals surface area contributed by atoms with Crippen LogP contribution in [0.4, 0.5) is 0 Å². The Morgan fingerprint density at radius 1 is 0.913 bits per heavy atom. The number of benzene rings is 2. The minimum absolute atomic E-state index is 0.204. The molecule has 0 saturated carbocycles. The van der Waals surface area contributed by atoms with Crippen LogP contribution in [0, 0.1) is 0 Å². The predicted octanol–water partition coefficient (Wildman–Crippen LogP) is 4.29. The molecular formula is C20H27NO2. The van der Waals surface area contributed by atoms with E-state index in [1.165, 1.54) is 5.56 Å². The first kappa shape index (κ1) is 17.4. The highest BCUT2D eigenvalue weighted by Crippen LogP contribution is 2.28. The molecule has 2 rings (SSSR count). The molecule has 0 spiro atoms. The van der Waals surface area contributed by atoms with Crippen LogP contribution in [0.5, 0.6) is 11.5 Å². The first-order chi connectivity index (χ1) is 11.0. The van der Waals surface area contributed by atoms with Crippen molar-refractivity contribution in [2.75, 3.05) is 13.2 Å². The summed E-state index contributed by atoms with van der Waals surface area (Å²) in [5.41, 5.74) is 8.23. The fourth-order valence-electron chi connectivity index (χ4n) is 2.29. The fraction of sp³-hybridized carbons (Fsp3) is 0.400. The first-order valence-electron chi connectivity index (χ1n) is 8.20. The highest BCUT2D eigenvalue weighted by Gasteiger charge is 2.17. The van der Waals surface area contributed by atoms with Crippen LogP contribution in [-0.2, 0) is 12.0 Å². The van der Waals surface area contributed by atoms with Gasteiger partial charge in [0.05, 0.1) is 0 Å². The molecule has 124 valence electrons. The average Bonchev–Trinajstić information content (AvgIpc) is 2.59. The molecule has 2 aromatic rings. The molecule has 0 fully saturated rings. The van der Waals surface area contributed by atoms with Crippen LogP contribution < -0.4 is 15.2 Å². The Morgan fingerprint density at radius 2 is 1.57 bits per heavy atom. The van der Waals surface area contributed by atoms with E-state index < -0.39 is 0 Å². The summed E-state index contributed by atoms with van der Waals surface area (Å²) in [6, 6.07) is 16.2. The number of ether oxygens (including phenoxy) is 2. The van der Waals surface area contributed by atoms with Crippen molar-refractivity contribution in [3.8, 4) is 11.5 Å². The van der Waals surface area contributed by atoms with E-state index >= 15 is 0 Å². The predicted molar refractivity (Wildman–Crippen MR) is 95.1 cm³/mol. The second-order valence-electron chi connectivity index (χ2n) is 6.31.